The van der Waals surface area contributed by atoms with E-state index in [0.717, 1.165) is 74.1 Å². The number of likely N-dealkylation sites (tertiary alicyclic amines) is 2. The van der Waals surface area contributed by atoms with Crippen LogP contribution in [0.25, 0.3) is 65.2 Å². The second kappa shape index (κ2) is 28.4. The molecule has 0 unspecified atom stereocenters. The van der Waals surface area contributed by atoms with Crippen LogP contribution in [0.5, 0.6) is 11.5 Å². The zero-order chi connectivity index (χ0) is 61.0. The number of ether oxygens (including phenoxy) is 3. The van der Waals surface area contributed by atoms with Crippen LogP contribution in [0.2, 0.25) is 0 Å². The highest BCUT2D eigenvalue weighted by Gasteiger charge is 2.18. The third-order valence-corrected chi connectivity index (χ3v) is 15.6. The molecule has 6 aromatic carbocycles. The number of fused-ring (bicyclic) bond motifs is 9. The molecule has 87 heavy (non-hydrogen) atoms. The van der Waals surface area contributed by atoms with E-state index < -0.39 is 23.2 Å². The van der Waals surface area contributed by atoms with Crippen LogP contribution in [0.3, 0.4) is 0 Å². The van der Waals surface area contributed by atoms with Crippen LogP contribution in [0.15, 0.2) is 137 Å². The number of amides is 3. The lowest BCUT2D eigenvalue weighted by Crippen LogP contribution is -2.38. The smallest absolute Gasteiger partial charge is 0.344 e. The van der Waals surface area contributed by atoms with Gasteiger partial charge in [0.15, 0.2) is 0 Å². The predicted molar refractivity (Wildman–Crippen MR) is 335 cm³/mol. The number of hydrogen-bond donors (Lipinski definition) is 3. The Kier molecular flexibility index (Phi) is 19.9. The monoisotopic (exact) mass is 1180 g/mol. The lowest BCUT2D eigenvalue weighted by molar-refractivity contribution is -0.132. The average Bonchev–Trinajstić information content (AvgIpc) is 1.78. The molecule has 0 radical (unpaired) electrons. The van der Waals surface area contributed by atoms with E-state index in [0.29, 0.717) is 117 Å². The first kappa shape index (κ1) is 61.0. The van der Waals surface area contributed by atoms with E-state index in [1.165, 1.54) is 64.5 Å². The fraction of sp³-hybridized carbons (Fsp3) is 0.343. The lowest BCUT2D eigenvalue weighted by atomic mass is 10.1. The summed E-state index contributed by atoms with van der Waals surface area (Å²) in [5, 5.41) is 14.5. The van der Waals surface area contributed by atoms with Crippen molar-refractivity contribution in [2.24, 2.45) is 0 Å². The number of rotatable bonds is 14. The number of nitrogens with one attached hydrogen (secondary N) is 3. The van der Waals surface area contributed by atoms with Crippen molar-refractivity contribution in [1.29, 1.82) is 0 Å². The van der Waals surface area contributed by atoms with Crippen LogP contribution in [-0.2, 0) is 28.7 Å². The van der Waals surface area contributed by atoms with Gasteiger partial charge in [-0.3, -0.25) is 28.9 Å². The van der Waals surface area contributed by atoms with E-state index in [-0.39, 0.29) is 23.3 Å². The number of carbonyl (C=O) groups excluding carboxylic acids is 5. The Morgan fingerprint density at radius 2 is 0.736 bits per heavy atom. The molecule has 20 heteroatoms. The standard InChI is InChI=1S/C23H24N2O5.C22H22N2O6.C22H24N2O3/c1-15(26)29-17-6-8-19-18-7-5-16(13-20(18)23(28)30-21(19)14-17)24-22(27)9-12-25-10-3-2-4-11-25;1-14(25)29-16-3-5-18-17-4-2-15(12-19(17)22(27)30-20(18)13-16)23-21(26)6-7-24-8-10-28-11-9-24;1-15-5-7-18-17-8-6-16(14-19(17)22(26)27-20(18)13-15)23-21(25)9-12-24-10-3-2-4-11-24/h5-8,13-14H,2-4,9-12H2,1H3,(H,24,27);2-5,12-13H,6-11H2,1H3,(H,23,26);5-8,13-14H,2-4,9-12H2,1H3,(H,23,25). The normalized spacial score (nSPS) is 14.9. The van der Waals surface area contributed by atoms with Crippen molar-refractivity contribution in [1.82, 2.24) is 14.7 Å². The van der Waals surface area contributed by atoms with Crippen molar-refractivity contribution in [2.45, 2.75) is 78.6 Å². The van der Waals surface area contributed by atoms with Gasteiger partial charge in [0.25, 0.3) is 0 Å². The number of nitrogens with zero attached hydrogens (tertiary/aromatic N) is 3. The van der Waals surface area contributed by atoms with Gasteiger partial charge in [0.05, 0.1) is 29.4 Å². The maximum Gasteiger partial charge on any atom is 0.344 e. The summed E-state index contributed by atoms with van der Waals surface area (Å²) in [4.78, 5) is 103. The lowest BCUT2D eigenvalue weighted by Gasteiger charge is -2.26. The molecule has 20 nitrogen and oxygen atoms in total. The van der Waals surface area contributed by atoms with Gasteiger partial charge in [-0.1, -0.05) is 43.2 Å². The van der Waals surface area contributed by atoms with Gasteiger partial charge < -0.3 is 53.2 Å². The van der Waals surface area contributed by atoms with E-state index in [2.05, 4.69) is 30.7 Å². The first-order valence-electron chi connectivity index (χ1n) is 29.6. The molecule has 0 bridgehead atoms. The predicted octanol–water partition coefficient (Wildman–Crippen LogP) is 10.3. The number of carbonyl (C=O) groups is 5. The van der Waals surface area contributed by atoms with Gasteiger partial charge in [0, 0.05) is 127 Å². The Morgan fingerprint density at radius 3 is 1.10 bits per heavy atom. The molecular weight excluding hydrogens is 1110 g/mol. The number of anilines is 3. The fourth-order valence-electron chi connectivity index (χ4n) is 11.2. The second-order valence-electron chi connectivity index (χ2n) is 22.1. The van der Waals surface area contributed by atoms with Gasteiger partial charge in [-0.05, 0) is 131 Å². The van der Waals surface area contributed by atoms with Gasteiger partial charge in [0.1, 0.15) is 28.2 Å². The molecule has 3 saturated heterocycles. The molecule has 6 heterocycles. The summed E-state index contributed by atoms with van der Waals surface area (Å²) < 4.78 is 31.7. The highest BCUT2D eigenvalue weighted by atomic mass is 16.5. The minimum Gasteiger partial charge on any atom is -0.427 e. The van der Waals surface area contributed by atoms with E-state index in [4.69, 9.17) is 27.5 Å². The van der Waals surface area contributed by atoms with Gasteiger partial charge in [-0.25, -0.2) is 14.4 Å². The Balaban J connectivity index is 0.000000145. The van der Waals surface area contributed by atoms with Gasteiger partial charge in [0.2, 0.25) is 17.7 Å². The van der Waals surface area contributed by atoms with Gasteiger partial charge in [-0.15, -0.1) is 0 Å². The average molecular weight is 1180 g/mol. The van der Waals surface area contributed by atoms with Gasteiger partial charge in [-0.2, -0.15) is 0 Å². The highest BCUT2D eigenvalue weighted by Crippen LogP contribution is 2.31. The van der Waals surface area contributed by atoms with E-state index in [1.807, 2.05) is 37.3 Å². The number of esters is 2. The number of hydrogen-bond acceptors (Lipinski definition) is 17. The SMILES string of the molecule is CC(=O)Oc1ccc2c(c1)oc(=O)c1cc(NC(=O)CCN3CCCCC3)ccc12.CC(=O)Oc1ccc2c(c1)oc(=O)c1cc(NC(=O)CCN3CCOCC3)ccc12.Cc1ccc2c(c1)oc(=O)c1cc(NC(=O)CCN3CCCCC3)ccc12. The molecule has 3 N–H and O–H groups in total. The maximum atomic E-state index is 12.5. The molecule has 9 aromatic rings. The quantitative estimate of drug-likeness (QED) is 0.0396. The minimum atomic E-state index is -0.526. The van der Waals surface area contributed by atoms with Crippen molar-refractivity contribution < 1.29 is 51.4 Å². The van der Waals surface area contributed by atoms with E-state index in [9.17, 15) is 38.4 Å². The zero-order valence-electron chi connectivity index (χ0n) is 49.1. The van der Waals surface area contributed by atoms with Crippen molar-refractivity contribution in [3.05, 3.63) is 146 Å². The summed E-state index contributed by atoms with van der Waals surface area (Å²) in [6.45, 7) is 14.1. The summed E-state index contributed by atoms with van der Waals surface area (Å²) in [6.07, 6.45) is 8.62. The summed E-state index contributed by atoms with van der Waals surface area (Å²) in [6, 6.07) is 31.4. The van der Waals surface area contributed by atoms with Gasteiger partial charge >= 0.3 is 28.8 Å². The summed E-state index contributed by atoms with van der Waals surface area (Å²) in [7, 11) is 0. The van der Waals surface area contributed by atoms with Crippen LogP contribution < -0.4 is 42.3 Å². The molecule has 0 saturated carbocycles. The molecule has 12 rings (SSSR count). The van der Waals surface area contributed by atoms with Crippen LogP contribution in [0.4, 0.5) is 17.1 Å². The topological polar surface area (TPSA) is 249 Å². The Bertz CT molecular complexity index is 4050. The molecule has 0 aliphatic carbocycles. The second-order valence-corrected chi connectivity index (χ2v) is 22.1. The van der Waals surface area contributed by atoms with Crippen LogP contribution in [0.1, 0.15) is 77.2 Å². The third kappa shape index (κ3) is 16.1. The summed E-state index contributed by atoms with van der Waals surface area (Å²) >= 11 is 0. The maximum absolute atomic E-state index is 12.5. The van der Waals surface area contributed by atoms with Crippen LogP contribution in [-0.4, -0.2) is 116 Å². The summed E-state index contributed by atoms with van der Waals surface area (Å²) in [5.41, 5.74) is 2.61. The van der Waals surface area contributed by atoms with Crippen molar-refractivity contribution in [3.63, 3.8) is 0 Å². The van der Waals surface area contributed by atoms with Crippen molar-refractivity contribution in [2.75, 3.05) is 88.1 Å². The van der Waals surface area contributed by atoms with Crippen molar-refractivity contribution >= 4 is 112 Å². The molecule has 3 aliphatic rings. The molecule has 3 amide bonds. The largest absolute Gasteiger partial charge is 0.427 e. The Labute approximate surface area is 500 Å². The van der Waals surface area contributed by atoms with Crippen LogP contribution >= 0.6 is 0 Å². The Morgan fingerprint density at radius 1 is 0.402 bits per heavy atom. The number of benzene rings is 6. The number of morpholine rings is 1. The first-order valence-corrected chi connectivity index (χ1v) is 29.6. The number of aryl methyl sites for hydroxylation is 1. The minimum absolute atomic E-state index is 0.0271. The molecular formula is C67H70N6O14. The van der Waals surface area contributed by atoms with E-state index >= 15 is 0 Å². The van der Waals surface area contributed by atoms with E-state index in [1.54, 1.807) is 66.7 Å². The van der Waals surface area contributed by atoms with Crippen LogP contribution in [0, 0.1) is 6.92 Å². The molecule has 3 aromatic heterocycles. The highest BCUT2D eigenvalue weighted by molar-refractivity contribution is 6.09. The summed E-state index contributed by atoms with van der Waals surface area (Å²) in [5.74, 6) is -0.490. The molecule has 0 atom stereocenters. The molecule has 3 aliphatic heterocycles. The number of piperidine rings is 2. The molecule has 0 spiro atoms. The van der Waals surface area contributed by atoms with Crippen molar-refractivity contribution in [3.8, 4) is 11.5 Å². The Hall–Kier alpha value is -9.08. The fourth-order valence-corrected chi connectivity index (χ4v) is 11.2. The zero-order valence-corrected chi connectivity index (χ0v) is 49.1. The first-order chi connectivity index (χ1) is 42.1. The molecule has 452 valence electrons. The molecule has 3 fully saturated rings. The third-order valence-electron chi connectivity index (χ3n) is 15.6.